The number of hydrogen-bond acceptors (Lipinski definition) is 4. The van der Waals surface area contributed by atoms with Crippen LogP contribution in [0.5, 0.6) is 5.75 Å². The van der Waals surface area contributed by atoms with E-state index in [0.717, 1.165) is 5.56 Å². The molecular weight excluding hydrogens is 268 g/mol. The fourth-order valence-corrected chi connectivity index (χ4v) is 1.47. The number of halogens is 1. The molecule has 0 saturated heterocycles. The summed E-state index contributed by atoms with van der Waals surface area (Å²) in [4.78, 5) is 10.4. The topological polar surface area (TPSA) is 64.4 Å². The Morgan fingerprint density at radius 2 is 2.26 bits per heavy atom. The molecule has 1 aromatic rings. The minimum absolute atomic E-state index is 0.0451. The summed E-state index contributed by atoms with van der Waals surface area (Å²) in [5.41, 5.74) is 0.834. The minimum atomic E-state index is -0.480. The Morgan fingerprint density at radius 3 is 2.79 bits per heavy atom. The van der Waals surface area contributed by atoms with E-state index < -0.39 is 4.92 Å². The molecule has 104 valence electrons. The molecule has 0 aliphatic heterocycles. The third-order valence-corrected chi connectivity index (χ3v) is 2.43. The molecule has 1 aromatic carbocycles. The highest BCUT2D eigenvalue weighted by Gasteiger charge is 2.15. The number of rotatable bonds is 7. The molecule has 0 fully saturated rings. The van der Waals surface area contributed by atoms with E-state index in [-0.39, 0.29) is 18.0 Å². The Kier molecular flexibility index (Phi) is 5.79. The second-order valence-electron chi connectivity index (χ2n) is 4.40. The van der Waals surface area contributed by atoms with Crippen LogP contribution in [0.15, 0.2) is 29.8 Å². The van der Waals surface area contributed by atoms with Crippen LogP contribution in [0.2, 0.25) is 0 Å². The van der Waals surface area contributed by atoms with Gasteiger partial charge in [-0.05, 0) is 11.6 Å². The van der Waals surface area contributed by atoms with Gasteiger partial charge in [0.05, 0.1) is 4.92 Å². The molecule has 0 aromatic heterocycles. The van der Waals surface area contributed by atoms with Crippen molar-refractivity contribution in [2.75, 3.05) is 6.61 Å². The van der Waals surface area contributed by atoms with E-state index in [1.807, 2.05) is 13.8 Å². The fraction of sp³-hybridized carbons (Fsp3) is 0.385. The van der Waals surface area contributed by atoms with Gasteiger partial charge in [0.25, 0.3) is 0 Å². The van der Waals surface area contributed by atoms with Gasteiger partial charge in [-0.3, -0.25) is 10.1 Å². The number of nitrogens with zero attached hydrogens (tertiary/aromatic N) is 1. The zero-order valence-electron chi connectivity index (χ0n) is 11.0. The van der Waals surface area contributed by atoms with Gasteiger partial charge in [-0.1, -0.05) is 38.1 Å². The average Bonchev–Trinajstić information content (AvgIpc) is 2.33. The molecule has 5 nitrogen and oxygen atoms in total. The summed E-state index contributed by atoms with van der Waals surface area (Å²) in [6.07, 6.45) is 0. The summed E-state index contributed by atoms with van der Waals surface area (Å²) in [5.74, 6) is 0.204. The number of benzene rings is 1. The largest absolute Gasteiger partial charge is 0.481 e. The van der Waals surface area contributed by atoms with Crippen molar-refractivity contribution in [3.05, 3.63) is 45.5 Å². The molecule has 1 rings (SSSR count). The van der Waals surface area contributed by atoms with E-state index in [2.05, 4.69) is 11.9 Å². The standard InChI is InChI=1S/C13H17ClN2O3/c1-9(2)15-7-11-4-5-12(16(17)18)13(6-11)19-8-10(3)14/h4-6,9,15H,3,7-8H2,1-2H3. The molecule has 0 aliphatic rings. The Balaban J connectivity index is 2.90. The molecule has 0 heterocycles. The lowest BCUT2D eigenvalue weighted by atomic mass is 10.2. The first-order chi connectivity index (χ1) is 8.90. The molecular formula is C13H17ClN2O3. The monoisotopic (exact) mass is 284 g/mol. The predicted octanol–water partition coefficient (Wildman–Crippen LogP) is 3.22. The summed E-state index contributed by atoms with van der Waals surface area (Å²) < 4.78 is 5.31. The molecule has 0 aliphatic carbocycles. The first kappa shape index (κ1) is 15.5. The highest BCUT2D eigenvalue weighted by Crippen LogP contribution is 2.28. The predicted molar refractivity (Wildman–Crippen MR) is 75.6 cm³/mol. The summed E-state index contributed by atoms with van der Waals surface area (Å²) in [7, 11) is 0. The Morgan fingerprint density at radius 1 is 1.58 bits per heavy atom. The van der Waals surface area contributed by atoms with Crippen molar-refractivity contribution in [2.24, 2.45) is 0 Å². The van der Waals surface area contributed by atoms with Gasteiger partial charge in [0, 0.05) is 23.7 Å². The van der Waals surface area contributed by atoms with Gasteiger partial charge in [0.1, 0.15) is 6.61 Å². The van der Waals surface area contributed by atoms with Crippen molar-refractivity contribution in [3.63, 3.8) is 0 Å². The van der Waals surface area contributed by atoms with E-state index in [9.17, 15) is 10.1 Å². The lowest BCUT2D eigenvalue weighted by Gasteiger charge is -2.10. The first-order valence-corrected chi connectivity index (χ1v) is 6.24. The number of nitrogens with one attached hydrogen (secondary N) is 1. The zero-order valence-corrected chi connectivity index (χ0v) is 11.7. The van der Waals surface area contributed by atoms with E-state index in [4.69, 9.17) is 16.3 Å². The van der Waals surface area contributed by atoms with Crippen molar-refractivity contribution in [1.29, 1.82) is 0 Å². The van der Waals surface area contributed by atoms with E-state index in [1.165, 1.54) is 6.07 Å². The highest BCUT2D eigenvalue weighted by atomic mass is 35.5. The normalized spacial score (nSPS) is 10.5. The Bertz CT molecular complexity index is 475. The van der Waals surface area contributed by atoms with Crippen LogP contribution < -0.4 is 10.1 Å². The van der Waals surface area contributed by atoms with Crippen molar-refractivity contribution < 1.29 is 9.66 Å². The Labute approximate surface area is 117 Å². The molecule has 0 saturated carbocycles. The van der Waals surface area contributed by atoms with Crippen LogP contribution in [0, 0.1) is 10.1 Å². The molecule has 0 amide bonds. The number of hydrogen-bond donors (Lipinski definition) is 1. The van der Waals surface area contributed by atoms with Gasteiger partial charge in [-0.2, -0.15) is 0 Å². The lowest BCUT2D eigenvalue weighted by Crippen LogP contribution is -2.21. The van der Waals surface area contributed by atoms with Crippen LogP contribution in [-0.4, -0.2) is 17.6 Å². The van der Waals surface area contributed by atoms with Crippen LogP contribution in [0.3, 0.4) is 0 Å². The third kappa shape index (κ3) is 5.28. The van der Waals surface area contributed by atoms with Gasteiger partial charge in [-0.15, -0.1) is 0 Å². The number of ether oxygens (including phenoxy) is 1. The maximum absolute atomic E-state index is 10.9. The fourth-order valence-electron chi connectivity index (χ4n) is 1.41. The van der Waals surface area contributed by atoms with Crippen LogP contribution >= 0.6 is 11.6 Å². The van der Waals surface area contributed by atoms with Gasteiger partial charge in [0.15, 0.2) is 5.75 Å². The highest BCUT2D eigenvalue weighted by molar-refractivity contribution is 6.29. The lowest BCUT2D eigenvalue weighted by molar-refractivity contribution is -0.385. The first-order valence-electron chi connectivity index (χ1n) is 5.87. The molecule has 6 heteroatoms. The third-order valence-electron chi connectivity index (χ3n) is 2.32. The van der Waals surface area contributed by atoms with Gasteiger partial charge in [-0.25, -0.2) is 0 Å². The SMILES string of the molecule is C=C(Cl)COc1cc(CNC(C)C)ccc1[N+](=O)[O-]. The van der Waals surface area contributed by atoms with Crippen molar-refractivity contribution in [3.8, 4) is 5.75 Å². The molecule has 1 N–H and O–H groups in total. The number of nitro benzene ring substituents is 1. The summed E-state index contributed by atoms with van der Waals surface area (Å²) in [6, 6.07) is 5.12. The molecule has 0 unspecified atom stereocenters. The van der Waals surface area contributed by atoms with Gasteiger partial charge in [0.2, 0.25) is 0 Å². The van der Waals surface area contributed by atoms with E-state index in [0.29, 0.717) is 17.6 Å². The molecule has 0 bridgehead atoms. The van der Waals surface area contributed by atoms with E-state index in [1.54, 1.807) is 12.1 Å². The maximum atomic E-state index is 10.9. The van der Waals surface area contributed by atoms with Crippen LogP contribution in [0.4, 0.5) is 5.69 Å². The van der Waals surface area contributed by atoms with Crippen LogP contribution in [-0.2, 0) is 6.54 Å². The molecule has 19 heavy (non-hydrogen) atoms. The smallest absolute Gasteiger partial charge is 0.310 e. The summed E-state index contributed by atoms with van der Waals surface area (Å²) in [5, 5.41) is 14.4. The summed E-state index contributed by atoms with van der Waals surface area (Å²) >= 11 is 5.60. The second-order valence-corrected chi connectivity index (χ2v) is 4.94. The minimum Gasteiger partial charge on any atom is -0.481 e. The van der Waals surface area contributed by atoms with E-state index >= 15 is 0 Å². The van der Waals surface area contributed by atoms with Crippen LogP contribution in [0.25, 0.3) is 0 Å². The van der Waals surface area contributed by atoms with Crippen molar-refractivity contribution >= 4 is 17.3 Å². The van der Waals surface area contributed by atoms with Gasteiger partial charge >= 0.3 is 5.69 Å². The average molecular weight is 285 g/mol. The number of nitro groups is 1. The molecule has 0 radical (unpaired) electrons. The quantitative estimate of drug-likeness (QED) is 0.617. The van der Waals surface area contributed by atoms with Gasteiger partial charge < -0.3 is 10.1 Å². The zero-order chi connectivity index (χ0) is 14.4. The maximum Gasteiger partial charge on any atom is 0.310 e. The van der Waals surface area contributed by atoms with Crippen LogP contribution in [0.1, 0.15) is 19.4 Å². The second kappa shape index (κ2) is 7.11. The Hall–Kier alpha value is -1.59. The molecule has 0 spiro atoms. The summed E-state index contributed by atoms with van der Waals surface area (Å²) in [6.45, 7) is 8.21. The van der Waals surface area contributed by atoms with Crippen molar-refractivity contribution in [1.82, 2.24) is 5.32 Å². The molecule has 0 atom stereocenters. The van der Waals surface area contributed by atoms with Crippen molar-refractivity contribution in [2.45, 2.75) is 26.4 Å².